The Labute approximate surface area is 122 Å². The van der Waals surface area contributed by atoms with E-state index >= 15 is 0 Å². The number of carbonyl (C=O) groups excluding carboxylic acids is 2. The van der Waals surface area contributed by atoms with E-state index in [0.29, 0.717) is 13.2 Å². The standard InChI is InChI=1S/C16H29NO3/c1-3-12-17(13-15(18)20-4-2)16(19)14-10-8-6-5-7-9-11-14/h14H,3-13H2,1-2H3. The molecule has 0 N–H and O–H groups in total. The summed E-state index contributed by atoms with van der Waals surface area (Å²) in [5, 5.41) is 0. The van der Waals surface area contributed by atoms with Gasteiger partial charge in [-0.25, -0.2) is 0 Å². The van der Waals surface area contributed by atoms with E-state index in [2.05, 4.69) is 0 Å². The number of hydrogen-bond donors (Lipinski definition) is 0. The maximum atomic E-state index is 12.6. The smallest absolute Gasteiger partial charge is 0.325 e. The second kappa shape index (κ2) is 9.78. The Morgan fingerprint density at radius 1 is 1.05 bits per heavy atom. The van der Waals surface area contributed by atoms with Gasteiger partial charge in [-0.2, -0.15) is 0 Å². The summed E-state index contributed by atoms with van der Waals surface area (Å²) in [7, 11) is 0. The largest absolute Gasteiger partial charge is 0.465 e. The van der Waals surface area contributed by atoms with E-state index in [1.165, 1.54) is 19.3 Å². The summed E-state index contributed by atoms with van der Waals surface area (Å²) in [6, 6.07) is 0. The molecule has 20 heavy (non-hydrogen) atoms. The van der Waals surface area contributed by atoms with Crippen LogP contribution in [0.3, 0.4) is 0 Å². The molecule has 1 rings (SSSR count). The van der Waals surface area contributed by atoms with Crippen molar-refractivity contribution in [1.82, 2.24) is 4.90 Å². The topological polar surface area (TPSA) is 46.6 Å². The first kappa shape index (κ1) is 17.0. The molecule has 0 radical (unpaired) electrons. The predicted octanol–water partition coefficient (Wildman–Crippen LogP) is 3.15. The van der Waals surface area contributed by atoms with E-state index in [4.69, 9.17) is 4.74 Å². The van der Waals surface area contributed by atoms with E-state index in [0.717, 1.165) is 32.1 Å². The maximum absolute atomic E-state index is 12.6. The molecular formula is C16H29NO3. The Bertz CT molecular complexity index is 296. The van der Waals surface area contributed by atoms with Crippen LogP contribution in [0, 0.1) is 5.92 Å². The van der Waals surface area contributed by atoms with Crippen LogP contribution in [-0.2, 0) is 14.3 Å². The second-order valence-electron chi connectivity index (χ2n) is 5.61. The average Bonchev–Trinajstić information content (AvgIpc) is 2.37. The SMILES string of the molecule is CCCN(CC(=O)OCC)C(=O)C1CCCCCCC1. The lowest BCUT2D eigenvalue weighted by Gasteiger charge is -2.27. The summed E-state index contributed by atoms with van der Waals surface area (Å²) in [4.78, 5) is 25.9. The summed E-state index contributed by atoms with van der Waals surface area (Å²) >= 11 is 0. The Kier molecular flexibility index (Phi) is 8.31. The van der Waals surface area contributed by atoms with Crippen LogP contribution < -0.4 is 0 Å². The third kappa shape index (κ3) is 5.93. The zero-order valence-corrected chi connectivity index (χ0v) is 13.0. The molecule has 0 atom stereocenters. The van der Waals surface area contributed by atoms with Gasteiger partial charge in [-0.3, -0.25) is 9.59 Å². The van der Waals surface area contributed by atoms with Gasteiger partial charge >= 0.3 is 5.97 Å². The zero-order valence-electron chi connectivity index (χ0n) is 13.0. The maximum Gasteiger partial charge on any atom is 0.325 e. The van der Waals surface area contributed by atoms with Crippen molar-refractivity contribution >= 4 is 11.9 Å². The normalized spacial score (nSPS) is 17.1. The fourth-order valence-electron chi connectivity index (χ4n) is 2.86. The fourth-order valence-corrected chi connectivity index (χ4v) is 2.86. The molecule has 1 aliphatic rings. The Balaban J connectivity index is 2.58. The van der Waals surface area contributed by atoms with E-state index in [1.54, 1.807) is 11.8 Å². The predicted molar refractivity (Wildman–Crippen MR) is 79.3 cm³/mol. The lowest BCUT2D eigenvalue weighted by molar-refractivity contribution is -0.150. The van der Waals surface area contributed by atoms with Crippen LogP contribution >= 0.6 is 0 Å². The molecule has 4 nitrogen and oxygen atoms in total. The van der Waals surface area contributed by atoms with Gasteiger partial charge in [0.15, 0.2) is 0 Å². The number of amides is 1. The minimum absolute atomic E-state index is 0.108. The monoisotopic (exact) mass is 283 g/mol. The molecule has 0 aromatic carbocycles. The molecule has 4 heteroatoms. The number of ether oxygens (including phenoxy) is 1. The highest BCUT2D eigenvalue weighted by molar-refractivity contribution is 5.83. The molecule has 0 heterocycles. The molecule has 116 valence electrons. The van der Waals surface area contributed by atoms with E-state index in [1.807, 2.05) is 6.92 Å². The lowest BCUT2D eigenvalue weighted by Crippen LogP contribution is -2.41. The summed E-state index contributed by atoms with van der Waals surface area (Å²) < 4.78 is 4.97. The first-order valence-electron chi connectivity index (χ1n) is 8.13. The molecular weight excluding hydrogens is 254 g/mol. The quantitative estimate of drug-likeness (QED) is 0.703. The van der Waals surface area contributed by atoms with E-state index in [-0.39, 0.29) is 24.3 Å². The highest BCUT2D eigenvalue weighted by Gasteiger charge is 2.25. The van der Waals surface area contributed by atoms with Crippen molar-refractivity contribution < 1.29 is 14.3 Å². The molecule has 0 spiro atoms. The van der Waals surface area contributed by atoms with Gasteiger partial charge < -0.3 is 9.64 Å². The molecule has 1 amide bonds. The molecule has 0 aliphatic heterocycles. The van der Waals surface area contributed by atoms with Crippen LogP contribution in [0.15, 0.2) is 0 Å². The van der Waals surface area contributed by atoms with E-state index in [9.17, 15) is 9.59 Å². The van der Waals surface area contributed by atoms with Crippen molar-refractivity contribution in [1.29, 1.82) is 0 Å². The van der Waals surface area contributed by atoms with Crippen LogP contribution in [0.25, 0.3) is 0 Å². The molecule has 0 unspecified atom stereocenters. The van der Waals surface area contributed by atoms with Gasteiger partial charge in [0, 0.05) is 12.5 Å². The number of hydrogen-bond acceptors (Lipinski definition) is 3. The summed E-state index contributed by atoms with van der Waals surface area (Å²) in [6.45, 7) is 4.95. The van der Waals surface area contributed by atoms with Crippen LogP contribution in [0.2, 0.25) is 0 Å². The van der Waals surface area contributed by atoms with Crippen LogP contribution in [0.4, 0.5) is 0 Å². The number of nitrogens with zero attached hydrogens (tertiary/aromatic N) is 1. The summed E-state index contributed by atoms with van der Waals surface area (Å²) in [6.07, 6.45) is 8.85. The summed E-state index contributed by atoms with van der Waals surface area (Å²) in [5.74, 6) is -0.0294. The van der Waals surface area contributed by atoms with Crippen molar-refractivity contribution in [3.8, 4) is 0 Å². The highest BCUT2D eigenvalue weighted by atomic mass is 16.5. The van der Waals surface area contributed by atoms with Gasteiger partial charge in [0.05, 0.1) is 6.61 Å². The first-order valence-corrected chi connectivity index (χ1v) is 8.13. The Morgan fingerprint density at radius 2 is 1.65 bits per heavy atom. The van der Waals surface area contributed by atoms with Gasteiger partial charge in [-0.05, 0) is 26.2 Å². The van der Waals surface area contributed by atoms with Gasteiger partial charge in [0.25, 0.3) is 0 Å². The summed E-state index contributed by atoms with van der Waals surface area (Å²) in [5.41, 5.74) is 0. The molecule has 0 bridgehead atoms. The zero-order chi connectivity index (χ0) is 14.8. The minimum Gasteiger partial charge on any atom is -0.465 e. The van der Waals surface area contributed by atoms with Gasteiger partial charge in [-0.1, -0.05) is 39.0 Å². The molecule has 1 saturated carbocycles. The Morgan fingerprint density at radius 3 is 2.20 bits per heavy atom. The third-order valence-electron chi connectivity index (χ3n) is 3.88. The molecule has 0 saturated heterocycles. The van der Waals surface area contributed by atoms with Crippen molar-refractivity contribution in [3.63, 3.8) is 0 Å². The number of carbonyl (C=O) groups is 2. The molecule has 1 fully saturated rings. The highest BCUT2D eigenvalue weighted by Crippen LogP contribution is 2.24. The molecule has 0 aromatic heterocycles. The van der Waals surface area contributed by atoms with Crippen LogP contribution in [-0.4, -0.2) is 36.5 Å². The fraction of sp³-hybridized carbons (Fsp3) is 0.875. The lowest BCUT2D eigenvalue weighted by atomic mass is 9.90. The first-order chi connectivity index (χ1) is 9.69. The van der Waals surface area contributed by atoms with Crippen LogP contribution in [0.1, 0.15) is 65.2 Å². The average molecular weight is 283 g/mol. The second-order valence-corrected chi connectivity index (χ2v) is 5.61. The van der Waals surface area contributed by atoms with E-state index < -0.39 is 0 Å². The number of esters is 1. The van der Waals surface area contributed by atoms with Gasteiger partial charge in [0.1, 0.15) is 6.54 Å². The number of rotatable bonds is 6. The molecule has 1 aliphatic carbocycles. The third-order valence-corrected chi connectivity index (χ3v) is 3.88. The molecule has 0 aromatic rings. The van der Waals surface area contributed by atoms with Crippen LogP contribution in [0.5, 0.6) is 0 Å². The van der Waals surface area contributed by atoms with Crippen molar-refractivity contribution in [2.45, 2.75) is 65.2 Å². The van der Waals surface area contributed by atoms with Gasteiger partial charge in [-0.15, -0.1) is 0 Å². The van der Waals surface area contributed by atoms with Gasteiger partial charge in [0.2, 0.25) is 5.91 Å². The Hall–Kier alpha value is -1.06. The van der Waals surface area contributed by atoms with Crippen molar-refractivity contribution in [2.24, 2.45) is 5.92 Å². The van der Waals surface area contributed by atoms with Crippen molar-refractivity contribution in [3.05, 3.63) is 0 Å². The van der Waals surface area contributed by atoms with Crippen molar-refractivity contribution in [2.75, 3.05) is 19.7 Å². The minimum atomic E-state index is -0.292.